The number of rotatable bonds is 6. The number of benzene rings is 1. The van der Waals surface area contributed by atoms with Crippen LogP contribution in [0.15, 0.2) is 16.5 Å². The van der Waals surface area contributed by atoms with Crippen LogP contribution in [0.3, 0.4) is 0 Å². The molecule has 0 saturated carbocycles. The first kappa shape index (κ1) is 24.9. The van der Waals surface area contributed by atoms with E-state index in [4.69, 9.17) is 4.84 Å². The number of aliphatic hydroxyl groups excluding tert-OH is 1. The number of hydrogen-bond donors (Lipinski definition) is 1. The van der Waals surface area contributed by atoms with Crippen LogP contribution in [-0.2, 0) is 9.63 Å². The second-order valence-electron chi connectivity index (χ2n) is 7.59. The van der Waals surface area contributed by atoms with Crippen LogP contribution in [-0.4, -0.2) is 23.2 Å². The molecule has 1 aliphatic rings. The molecule has 1 aliphatic carbocycles. The molecule has 0 aromatic heterocycles. The molecule has 28 heavy (non-hydrogen) atoms. The van der Waals surface area contributed by atoms with Crippen molar-refractivity contribution >= 4 is 11.5 Å². The molecule has 1 N–H and O–H groups in total. The third-order valence-corrected chi connectivity index (χ3v) is 5.98. The molecule has 0 radical (unpaired) electrons. The summed E-state index contributed by atoms with van der Waals surface area (Å²) < 4.78 is 0. The molecule has 0 aliphatic heterocycles. The fourth-order valence-electron chi connectivity index (χ4n) is 4.16. The molecular formula is C23H34NNaO3. The Kier molecular flexibility index (Phi) is 9.45. The standard InChI is InChI=1S/C23H33NO3.Na.H/c1-8-10-19(24-27-9-2)23-20(25)11-18(12-21(23)26)22-16(6)14(4)13(3)15(5)17(22)7;;/h18,25H,8-12H2,1-7H3;;/q;+1;-1. The quantitative estimate of drug-likeness (QED) is 0.458. The Labute approximate surface area is 193 Å². The third kappa shape index (κ3) is 4.90. The second-order valence-corrected chi connectivity index (χ2v) is 7.59. The van der Waals surface area contributed by atoms with Crippen molar-refractivity contribution in [3.63, 3.8) is 0 Å². The number of Topliss-reactive ketones (excluding diaryl/α,β-unsaturated/α-hetero) is 1. The summed E-state index contributed by atoms with van der Waals surface area (Å²) in [7, 11) is 0. The maximum atomic E-state index is 13.0. The number of hydrogen-bond acceptors (Lipinski definition) is 4. The summed E-state index contributed by atoms with van der Waals surface area (Å²) in [5.41, 5.74) is 8.50. The molecule has 4 nitrogen and oxygen atoms in total. The molecule has 1 unspecified atom stereocenters. The van der Waals surface area contributed by atoms with Gasteiger partial charge in [-0.25, -0.2) is 0 Å². The first-order valence-electron chi connectivity index (χ1n) is 9.95. The van der Waals surface area contributed by atoms with Crippen LogP contribution in [0.1, 0.15) is 80.3 Å². The Hall–Kier alpha value is -1.10. The van der Waals surface area contributed by atoms with E-state index in [1.54, 1.807) is 0 Å². The van der Waals surface area contributed by atoms with E-state index in [1.807, 2.05) is 13.8 Å². The van der Waals surface area contributed by atoms with E-state index in [-0.39, 0.29) is 48.4 Å². The van der Waals surface area contributed by atoms with Gasteiger partial charge in [0.1, 0.15) is 12.4 Å². The van der Waals surface area contributed by atoms with Gasteiger partial charge in [-0.2, -0.15) is 0 Å². The summed E-state index contributed by atoms with van der Waals surface area (Å²) in [5, 5.41) is 14.9. The smallest absolute Gasteiger partial charge is 1.00 e. The average molecular weight is 396 g/mol. The zero-order valence-electron chi connectivity index (χ0n) is 19.8. The van der Waals surface area contributed by atoms with Crippen molar-refractivity contribution < 1.29 is 45.7 Å². The maximum absolute atomic E-state index is 13.0. The number of nitrogens with zero attached hydrogens (tertiary/aromatic N) is 1. The Morgan fingerprint density at radius 3 is 2.04 bits per heavy atom. The van der Waals surface area contributed by atoms with E-state index >= 15 is 0 Å². The van der Waals surface area contributed by atoms with E-state index in [2.05, 4.69) is 39.8 Å². The van der Waals surface area contributed by atoms with E-state index in [0.717, 1.165) is 6.42 Å². The Balaban J connectivity index is 0.00000392. The number of carbonyl (C=O) groups excluding carboxylic acids is 1. The fourth-order valence-corrected chi connectivity index (χ4v) is 4.16. The van der Waals surface area contributed by atoms with Crippen LogP contribution < -0.4 is 29.6 Å². The van der Waals surface area contributed by atoms with Crippen molar-refractivity contribution in [2.45, 2.75) is 80.1 Å². The summed E-state index contributed by atoms with van der Waals surface area (Å²) in [6.07, 6.45) is 2.34. The van der Waals surface area contributed by atoms with Crippen molar-refractivity contribution in [3.05, 3.63) is 44.7 Å². The summed E-state index contributed by atoms with van der Waals surface area (Å²) in [4.78, 5) is 18.2. The number of ketones is 1. The molecule has 1 aromatic rings. The minimum absolute atomic E-state index is 0. The van der Waals surface area contributed by atoms with Gasteiger partial charge in [0, 0.05) is 12.8 Å². The van der Waals surface area contributed by atoms with Crippen LogP contribution in [0.5, 0.6) is 0 Å². The van der Waals surface area contributed by atoms with Gasteiger partial charge in [0.25, 0.3) is 0 Å². The molecule has 0 heterocycles. The van der Waals surface area contributed by atoms with Crippen LogP contribution in [0.2, 0.25) is 0 Å². The molecule has 5 heteroatoms. The summed E-state index contributed by atoms with van der Waals surface area (Å²) in [6, 6.07) is 0. The SMILES string of the molecule is CCCC(=NOCC)C1=C(O)CC(c2c(C)c(C)c(C)c(C)c2C)CC1=O.[H-].[Na+]. The molecule has 2 rings (SSSR count). The van der Waals surface area contributed by atoms with E-state index in [0.29, 0.717) is 37.2 Å². The summed E-state index contributed by atoms with van der Waals surface area (Å²) in [5.74, 6) is 0.123. The van der Waals surface area contributed by atoms with Gasteiger partial charge in [0.05, 0.1) is 11.3 Å². The largest absolute Gasteiger partial charge is 1.00 e. The van der Waals surface area contributed by atoms with Gasteiger partial charge in [-0.05, 0) is 87.3 Å². The van der Waals surface area contributed by atoms with Crippen molar-refractivity contribution in [1.82, 2.24) is 0 Å². The fraction of sp³-hybridized carbons (Fsp3) is 0.565. The minimum atomic E-state index is -0.0367. The van der Waals surface area contributed by atoms with Gasteiger partial charge in [0.15, 0.2) is 5.78 Å². The molecule has 0 saturated heterocycles. The monoisotopic (exact) mass is 395 g/mol. The molecular weight excluding hydrogens is 361 g/mol. The third-order valence-electron chi connectivity index (χ3n) is 5.98. The molecule has 1 atom stereocenters. The van der Waals surface area contributed by atoms with E-state index in [9.17, 15) is 9.90 Å². The predicted molar refractivity (Wildman–Crippen MR) is 112 cm³/mol. The summed E-state index contributed by atoms with van der Waals surface area (Å²) >= 11 is 0. The Morgan fingerprint density at radius 1 is 1.04 bits per heavy atom. The minimum Gasteiger partial charge on any atom is -1.00 e. The van der Waals surface area contributed by atoms with Crippen LogP contribution in [0.25, 0.3) is 0 Å². The topological polar surface area (TPSA) is 58.9 Å². The first-order chi connectivity index (χ1) is 12.7. The number of allylic oxidation sites excluding steroid dienone is 2. The van der Waals surface area contributed by atoms with Crippen LogP contribution in [0, 0.1) is 34.6 Å². The number of carbonyl (C=O) groups is 1. The zero-order chi connectivity index (χ0) is 20.3. The first-order valence-corrected chi connectivity index (χ1v) is 9.95. The normalized spacial score (nSPS) is 17.6. The Morgan fingerprint density at radius 2 is 1.57 bits per heavy atom. The summed E-state index contributed by atoms with van der Waals surface area (Å²) in [6.45, 7) is 15.0. The van der Waals surface area contributed by atoms with Gasteiger partial charge >= 0.3 is 29.6 Å². The number of aliphatic hydroxyl groups is 1. The molecule has 1 aromatic carbocycles. The van der Waals surface area contributed by atoms with Gasteiger partial charge in [-0.3, -0.25) is 4.79 Å². The molecule has 0 bridgehead atoms. The molecule has 150 valence electrons. The van der Waals surface area contributed by atoms with Gasteiger partial charge in [-0.15, -0.1) is 0 Å². The molecule has 0 spiro atoms. The second kappa shape index (κ2) is 10.6. The number of oxime groups is 1. The van der Waals surface area contributed by atoms with Crippen molar-refractivity contribution in [2.75, 3.05) is 6.61 Å². The molecule has 0 fully saturated rings. The van der Waals surface area contributed by atoms with Crippen molar-refractivity contribution in [2.24, 2.45) is 5.16 Å². The Bertz CT molecular complexity index is 786. The maximum Gasteiger partial charge on any atom is 1.00 e. The van der Waals surface area contributed by atoms with Crippen LogP contribution >= 0.6 is 0 Å². The molecule has 0 amide bonds. The van der Waals surface area contributed by atoms with Crippen molar-refractivity contribution in [3.8, 4) is 0 Å². The van der Waals surface area contributed by atoms with Gasteiger partial charge in [0.2, 0.25) is 0 Å². The van der Waals surface area contributed by atoms with Crippen LogP contribution in [0.4, 0.5) is 0 Å². The van der Waals surface area contributed by atoms with Gasteiger partial charge in [-0.1, -0.05) is 18.5 Å². The van der Waals surface area contributed by atoms with Crippen molar-refractivity contribution in [1.29, 1.82) is 0 Å². The van der Waals surface area contributed by atoms with E-state index in [1.165, 1.54) is 33.4 Å². The average Bonchev–Trinajstić information content (AvgIpc) is 2.62. The van der Waals surface area contributed by atoms with E-state index < -0.39 is 0 Å². The predicted octanol–water partition coefficient (Wildman–Crippen LogP) is 2.80. The zero-order valence-corrected chi connectivity index (χ0v) is 20.8. The van der Waals surface area contributed by atoms with Gasteiger partial charge < -0.3 is 11.4 Å².